The molecule has 1 aromatic heterocycles. The fourth-order valence-corrected chi connectivity index (χ4v) is 3.62. The third-order valence-electron chi connectivity index (χ3n) is 4.98. The minimum absolute atomic E-state index is 0.191. The van der Waals surface area contributed by atoms with Crippen molar-refractivity contribution in [2.24, 2.45) is 0 Å². The number of hydrogen-bond donors (Lipinski definition) is 0. The summed E-state index contributed by atoms with van der Waals surface area (Å²) >= 11 is 0. The molecule has 1 aliphatic rings. The summed E-state index contributed by atoms with van der Waals surface area (Å²) in [7, 11) is 0. The highest BCUT2D eigenvalue weighted by atomic mass is 16.6. The maximum atomic E-state index is 12.3. The predicted molar refractivity (Wildman–Crippen MR) is 98.8 cm³/mol. The number of ether oxygens (including phenoxy) is 2. The Kier molecular flexibility index (Phi) is 5.45. The first-order valence-electron chi connectivity index (χ1n) is 9.09. The fourth-order valence-electron chi connectivity index (χ4n) is 3.62. The number of esters is 1. The van der Waals surface area contributed by atoms with Crippen LogP contribution in [0.5, 0.6) is 5.75 Å². The normalized spacial score (nSPS) is 12.7. The minimum Gasteiger partial charge on any atom is -0.482 e. The Balaban J connectivity index is 1.50. The molecule has 0 saturated heterocycles. The van der Waals surface area contributed by atoms with E-state index in [1.807, 2.05) is 39.0 Å². The molecule has 0 radical (unpaired) electrons. The number of carbonyl (C=O) groups is 2. The van der Waals surface area contributed by atoms with E-state index in [-0.39, 0.29) is 19.0 Å². The quantitative estimate of drug-likeness (QED) is 0.564. The van der Waals surface area contributed by atoms with Crippen molar-refractivity contribution < 1.29 is 19.1 Å². The molecule has 2 aromatic rings. The first kappa shape index (κ1) is 18.2. The second-order valence-electron chi connectivity index (χ2n) is 6.69. The monoisotopic (exact) mass is 355 g/mol. The molecule has 138 valence electrons. The van der Waals surface area contributed by atoms with Crippen LogP contribution in [0, 0.1) is 13.8 Å². The highest BCUT2D eigenvalue weighted by Gasteiger charge is 2.17. The van der Waals surface area contributed by atoms with Gasteiger partial charge in [-0.2, -0.15) is 0 Å². The van der Waals surface area contributed by atoms with Crippen LogP contribution in [-0.2, 0) is 28.9 Å². The fraction of sp³-hybridized carbons (Fsp3) is 0.429. The van der Waals surface area contributed by atoms with Crippen molar-refractivity contribution in [1.82, 2.24) is 4.57 Å². The number of rotatable bonds is 7. The molecular formula is C21H25NO4. The van der Waals surface area contributed by atoms with Gasteiger partial charge in [0.05, 0.1) is 0 Å². The number of Topliss-reactive ketones (excluding diaryl/α,β-unsaturated/α-hetero) is 1. The molecule has 0 saturated carbocycles. The molecule has 0 bridgehead atoms. The number of aromatic nitrogens is 1. The van der Waals surface area contributed by atoms with Gasteiger partial charge in [-0.05, 0) is 69.4 Å². The molecule has 1 heterocycles. The van der Waals surface area contributed by atoms with Crippen molar-refractivity contribution >= 4 is 11.8 Å². The van der Waals surface area contributed by atoms with Gasteiger partial charge in [0.15, 0.2) is 13.2 Å². The molecule has 0 N–H and O–H groups in total. The summed E-state index contributed by atoms with van der Waals surface area (Å²) in [6, 6.07) is 7.76. The average Bonchev–Trinajstić information content (AvgIpc) is 3.21. The molecule has 1 aliphatic carbocycles. The van der Waals surface area contributed by atoms with Crippen LogP contribution in [0.1, 0.15) is 46.2 Å². The van der Waals surface area contributed by atoms with Crippen LogP contribution in [0.25, 0.3) is 0 Å². The van der Waals surface area contributed by atoms with Gasteiger partial charge in [-0.3, -0.25) is 4.79 Å². The van der Waals surface area contributed by atoms with Crippen LogP contribution in [0.15, 0.2) is 24.3 Å². The Labute approximate surface area is 153 Å². The number of hydrogen-bond acceptors (Lipinski definition) is 4. The highest BCUT2D eigenvalue weighted by Crippen LogP contribution is 2.26. The first-order chi connectivity index (χ1) is 12.5. The molecule has 5 nitrogen and oxygen atoms in total. The minimum atomic E-state index is -0.539. The van der Waals surface area contributed by atoms with E-state index in [1.165, 1.54) is 17.5 Å². The largest absolute Gasteiger partial charge is 0.482 e. The Morgan fingerprint density at radius 1 is 1.08 bits per heavy atom. The average molecular weight is 355 g/mol. The zero-order valence-electron chi connectivity index (χ0n) is 15.6. The smallest absolute Gasteiger partial charge is 0.344 e. The van der Waals surface area contributed by atoms with Crippen molar-refractivity contribution in [3.8, 4) is 5.75 Å². The zero-order chi connectivity index (χ0) is 18.7. The van der Waals surface area contributed by atoms with Gasteiger partial charge in [0.2, 0.25) is 5.78 Å². The SMILES string of the molecule is CCn1c(C)cc(C(=O)COC(=O)COc2ccc3c(c2)CCC3)c1C. The third kappa shape index (κ3) is 3.82. The standard InChI is InChI=1S/C21H25NO4/c1-4-22-14(2)10-19(15(22)3)20(23)12-26-21(24)13-25-18-9-8-16-6-5-7-17(16)11-18/h8-11H,4-7,12-13H2,1-3H3. The molecule has 0 fully saturated rings. The van der Waals surface area contributed by atoms with Crippen LogP contribution in [-0.4, -0.2) is 29.5 Å². The molecule has 0 unspecified atom stereocenters. The summed E-state index contributed by atoms with van der Waals surface area (Å²) < 4.78 is 12.7. The lowest BCUT2D eigenvalue weighted by Crippen LogP contribution is -2.20. The first-order valence-corrected chi connectivity index (χ1v) is 9.09. The van der Waals surface area contributed by atoms with E-state index in [0.717, 1.165) is 30.8 Å². The number of aryl methyl sites for hydroxylation is 3. The lowest BCUT2D eigenvalue weighted by atomic mass is 10.1. The molecular weight excluding hydrogens is 330 g/mol. The topological polar surface area (TPSA) is 57.5 Å². The Morgan fingerprint density at radius 3 is 2.58 bits per heavy atom. The van der Waals surface area contributed by atoms with Gasteiger partial charge >= 0.3 is 5.97 Å². The summed E-state index contributed by atoms with van der Waals surface area (Å²) in [4.78, 5) is 24.2. The van der Waals surface area contributed by atoms with E-state index < -0.39 is 5.97 Å². The van der Waals surface area contributed by atoms with Gasteiger partial charge in [0, 0.05) is 23.5 Å². The molecule has 0 spiro atoms. The molecule has 0 atom stereocenters. The Morgan fingerprint density at radius 2 is 1.85 bits per heavy atom. The van der Waals surface area contributed by atoms with Crippen molar-refractivity contribution in [3.63, 3.8) is 0 Å². The summed E-state index contributed by atoms with van der Waals surface area (Å²) in [5.74, 6) is -0.0627. The predicted octanol–water partition coefficient (Wildman–Crippen LogP) is 3.42. The second kappa shape index (κ2) is 7.77. The summed E-state index contributed by atoms with van der Waals surface area (Å²) in [5.41, 5.74) is 5.18. The van der Waals surface area contributed by atoms with Crippen LogP contribution in [0.2, 0.25) is 0 Å². The van der Waals surface area contributed by atoms with Gasteiger partial charge in [0.1, 0.15) is 5.75 Å². The van der Waals surface area contributed by atoms with E-state index >= 15 is 0 Å². The molecule has 26 heavy (non-hydrogen) atoms. The van der Waals surface area contributed by atoms with Gasteiger partial charge in [0.25, 0.3) is 0 Å². The molecule has 5 heteroatoms. The van der Waals surface area contributed by atoms with Crippen LogP contribution < -0.4 is 4.74 Å². The number of nitrogens with zero attached hydrogens (tertiary/aromatic N) is 1. The summed E-state index contributed by atoms with van der Waals surface area (Å²) in [5, 5.41) is 0. The van der Waals surface area contributed by atoms with Crippen LogP contribution in [0.3, 0.4) is 0 Å². The summed E-state index contributed by atoms with van der Waals surface area (Å²) in [6.07, 6.45) is 3.33. The van der Waals surface area contributed by atoms with Gasteiger partial charge < -0.3 is 14.0 Å². The number of fused-ring (bicyclic) bond motifs is 1. The van der Waals surface area contributed by atoms with Gasteiger partial charge in [-0.1, -0.05) is 6.07 Å². The Hall–Kier alpha value is -2.56. The van der Waals surface area contributed by atoms with Crippen molar-refractivity contribution in [2.45, 2.75) is 46.6 Å². The Bertz CT molecular complexity index is 835. The molecule has 1 aromatic carbocycles. The number of benzene rings is 1. The van der Waals surface area contributed by atoms with Gasteiger partial charge in [-0.15, -0.1) is 0 Å². The van der Waals surface area contributed by atoms with E-state index in [4.69, 9.17) is 9.47 Å². The van der Waals surface area contributed by atoms with Gasteiger partial charge in [-0.25, -0.2) is 4.79 Å². The van der Waals surface area contributed by atoms with Crippen molar-refractivity contribution in [3.05, 3.63) is 52.3 Å². The number of carbonyl (C=O) groups excluding carboxylic acids is 2. The van der Waals surface area contributed by atoms with E-state index in [9.17, 15) is 9.59 Å². The van der Waals surface area contributed by atoms with Crippen molar-refractivity contribution in [1.29, 1.82) is 0 Å². The summed E-state index contributed by atoms with van der Waals surface area (Å²) in [6.45, 7) is 6.25. The maximum absolute atomic E-state index is 12.3. The lowest BCUT2D eigenvalue weighted by molar-refractivity contribution is -0.144. The maximum Gasteiger partial charge on any atom is 0.344 e. The highest BCUT2D eigenvalue weighted by molar-refractivity contribution is 5.99. The van der Waals surface area contributed by atoms with Crippen molar-refractivity contribution in [2.75, 3.05) is 13.2 Å². The van der Waals surface area contributed by atoms with Crippen LogP contribution in [0.4, 0.5) is 0 Å². The molecule has 0 amide bonds. The van der Waals surface area contributed by atoms with E-state index in [0.29, 0.717) is 11.3 Å². The molecule has 3 rings (SSSR count). The van der Waals surface area contributed by atoms with E-state index in [1.54, 1.807) is 0 Å². The lowest BCUT2D eigenvalue weighted by Gasteiger charge is -2.09. The second-order valence-corrected chi connectivity index (χ2v) is 6.69. The third-order valence-corrected chi connectivity index (χ3v) is 4.98. The molecule has 0 aliphatic heterocycles. The van der Waals surface area contributed by atoms with E-state index in [2.05, 4.69) is 10.6 Å². The number of ketones is 1. The zero-order valence-corrected chi connectivity index (χ0v) is 15.6. The van der Waals surface area contributed by atoms with Crippen LogP contribution >= 0.6 is 0 Å².